The fourth-order valence-electron chi connectivity index (χ4n) is 7.39. The first-order valence-corrected chi connectivity index (χ1v) is 22.7. The van der Waals surface area contributed by atoms with E-state index in [1.165, 1.54) is 26.3 Å². The number of allylic oxidation sites excluding steroid dienone is 8. The number of aromatic nitrogens is 1. The standard InChI is InChI=1S/C42H51N5O12S2/c1-41(2)32-26-29(40(51)44(5)58-6)28-45(23-15-25-60(52,53)54)39(32)43-34(41)16-11-8-7-9-12-17-35-42(3,4)31-27-30(61(55,56)57)19-20-33(31)46(35)24-14-10-13-18-38(50)59-47-36(48)21-22-37(47)49/h7-9,11-12,16-17,19-20,26-28H,10,13-15,18,21-25H2,1-6H3,(H-,52,53,54,55,56,57). The molecule has 0 bridgehead atoms. The van der Waals surface area contributed by atoms with Gasteiger partial charge in [0.2, 0.25) is 0 Å². The number of imide groups is 1. The maximum atomic E-state index is 13.1. The number of carbonyl (C=O) groups is 4. The highest BCUT2D eigenvalue weighted by atomic mass is 32.2. The summed E-state index contributed by atoms with van der Waals surface area (Å²) in [7, 11) is -6.05. The topological polar surface area (TPSA) is 224 Å². The lowest BCUT2D eigenvalue weighted by Crippen LogP contribution is -2.38. The lowest BCUT2D eigenvalue weighted by molar-refractivity contribution is -0.684. The molecule has 5 rings (SSSR count). The van der Waals surface area contributed by atoms with Gasteiger partial charge in [-0.2, -0.15) is 8.42 Å². The molecule has 19 heteroatoms. The molecule has 61 heavy (non-hydrogen) atoms. The molecule has 3 amide bonds. The average molecular weight is 882 g/mol. The minimum Gasteiger partial charge on any atom is -0.748 e. The summed E-state index contributed by atoms with van der Waals surface area (Å²) in [6, 6.07) is 6.24. The second-order valence-corrected chi connectivity index (χ2v) is 18.8. The Kier molecular flexibility index (Phi) is 14.3. The third-order valence-electron chi connectivity index (χ3n) is 10.8. The van der Waals surface area contributed by atoms with Gasteiger partial charge in [-0.15, -0.1) is 5.06 Å². The zero-order valence-electron chi connectivity index (χ0n) is 35.0. The fourth-order valence-corrected chi connectivity index (χ4v) is 8.38. The number of pyridine rings is 1. The van der Waals surface area contributed by atoms with Crippen LogP contribution in [-0.2, 0) is 61.7 Å². The molecular weight excluding hydrogens is 831 g/mol. The maximum absolute atomic E-state index is 13.1. The summed E-state index contributed by atoms with van der Waals surface area (Å²) in [4.78, 5) is 65.6. The third kappa shape index (κ3) is 10.9. The molecule has 0 saturated carbocycles. The molecule has 17 nitrogen and oxygen atoms in total. The van der Waals surface area contributed by atoms with Crippen LogP contribution in [0.1, 0.15) is 94.1 Å². The molecule has 1 N–H and O–H groups in total. The van der Waals surface area contributed by atoms with Crippen LogP contribution in [0.4, 0.5) is 11.5 Å². The maximum Gasteiger partial charge on any atom is 0.333 e. The fraction of sp³-hybridized carbons (Fsp3) is 0.429. The quantitative estimate of drug-likeness (QED) is 0.0537. The molecule has 1 aromatic carbocycles. The normalized spacial score (nSPS) is 17.9. The van der Waals surface area contributed by atoms with Gasteiger partial charge in [0.25, 0.3) is 27.8 Å². The van der Waals surface area contributed by atoms with E-state index in [1.807, 2.05) is 70.2 Å². The van der Waals surface area contributed by atoms with Crippen LogP contribution in [-0.4, -0.2) is 91.9 Å². The van der Waals surface area contributed by atoms with Gasteiger partial charge >= 0.3 is 11.8 Å². The largest absolute Gasteiger partial charge is 0.748 e. The Morgan fingerprint density at radius 3 is 2.26 bits per heavy atom. The number of hydroxylamine groups is 4. The second kappa shape index (κ2) is 18.7. The number of hydrogen-bond acceptors (Lipinski definition) is 13. The monoisotopic (exact) mass is 881 g/mol. The second-order valence-electron chi connectivity index (χ2n) is 15.8. The SMILES string of the molecule is CON(C)C(=O)c1cc2c([n+](CCCS(=O)(=O)[O-])c1)N=C(/C=C/C=C/C=C/C=C1/N(CCCCCC(=O)ON3C(=O)CCC3=O)c3ccc(S(=O)(=O)O)cc3C1(C)C)C2(C)C. The van der Waals surface area contributed by atoms with Gasteiger partial charge in [-0.05, 0) is 80.1 Å². The number of anilines is 1. The third-order valence-corrected chi connectivity index (χ3v) is 12.5. The molecule has 1 aromatic heterocycles. The Morgan fingerprint density at radius 2 is 1.61 bits per heavy atom. The molecule has 4 heterocycles. The van der Waals surface area contributed by atoms with Gasteiger partial charge in [0.1, 0.15) is 6.20 Å². The smallest absolute Gasteiger partial charge is 0.333 e. The Bertz CT molecular complexity index is 2450. The van der Waals surface area contributed by atoms with Crippen molar-refractivity contribution in [3.05, 3.63) is 95.4 Å². The summed E-state index contributed by atoms with van der Waals surface area (Å²) in [5, 5.41) is 1.61. The Morgan fingerprint density at radius 1 is 0.934 bits per heavy atom. The van der Waals surface area contributed by atoms with Gasteiger partial charge < -0.3 is 14.3 Å². The first kappa shape index (κ1) is 46.7. The number of nitrogens with zero attached hydrogens (tertiary/aromatic N) is 5. The number of hydrogen-bond donors (Lipinski definition) is 1. The molecule has 0 spiro atoms. The summed E-state index contributed by atoms with van der Waals surface area (Å²) >= 11 is 0. The van der Waals surface area contributed by atoms with Crippen LogP contribution >= 0.6 is 0 Å². The van der Waals surface area contributed by atoms with E-state index in [9.17, 15) is 45.1 Å². The Hall–Kier alpha value is -5.34. The van der Waals surface area contributed by atoms with Crippen molar-refractivity contribution in [2.45, 2.75) is 94.9 Å². The minimum absolute atomic E-state index is 0.0169. The highest BCUT2D eigenvalue weighted by Crippen LogP contribution is 2.48. The number of amides is 3. The molecule has 328 valence electrons. The van der Waals surface area contributed by atoms with Gasteiger partial charge in [0, 0.05) is 55.4 Å². The van der Waals surface area contributed by atoms with Crippen LogP contribution in [0, 0.1) is 0 Å². The molecule has 0 atom stereocenters. The summed E-state index contributed by atoms with van der Waals surface area (Å²) < 4.78 is 69.5. The van der Waals surface area contributed by atoms with E-state index in [1.54, 1.807) is 22.9 Å². The predicted octanol–water partition coefficient (Wildman–Crippen LogP) is 4.67. The lowest BCUT2D eigenvalue weighted by atomic mass is 9.81. The lowest BCUT2D eigenvalue weighted by Gasteiger charge is -2.27. The number of aliphatic imine (C=N–C) groups is 1. The number of rotatable bonds is 18. The van der Waals surface area contributed by atoms with Gasteiger partial charge in [-0.3, -0.25) is 23.8 Å². The predicted molar refractivity (Wildman–Crippen MR) is 223 cm³/mol. The van der Waals surface area contributed by atoms with Crippen molar-refractivity contribution in [2.24, 2.45) is 4.99 Å². The van der Waals surface area contributed by atoms with Crippen molar-refractivity contribution in [1.29, 1.82) is 0 Å². The summed E-state index contributed by atoms with van der Waals surface area (Å²) in [5.41, 5.74) is 2.79. The van der Waals surface area contributed by atoms with Crippen LogP contribution in [0.15, 0.2) is 88.6 Å². The minimum atomic E-state index is -4.45. The number of unbranched alkanes of at least 4 members (excludes halogenated alkanes) is 2. The first-order valence-electron chi connectivity index (χ1n) is 19.7. The van der Waals surface area contributed by atoms with E-state index in [0.29, 0.717) is 53.5 Å². The van der Waals surface area contributed by atoms with E-state index >= 15 is 0 Å². The summed E-state index contributed by atoms with van der Waals surface area (Å²) in [5.74, 6) is -2.17. The van der Waals surface area contributed by atoms with Gasteiger partial charge in [-0.25, -0.2) is 22.8 Å². The average Bonchev–Trinajstić information content (AvgIpc) is 3.72. The van der Waals surface area contributed by atoms with Gasteiger partial charge in [0.05, 0.1) is 45.2 Å². The number of aryl methyl sites for hydroxylation is 1. The van der Waals surface area contributed by atoms with Crippen LogP contribution in [0.25, 0.3) is 0 Å². The first-order chi connectivity index (χ1) is 28.6. The summed E-state index contributed by atoms with van der Waals surface area (Å²) in [6.07, 6.45) is 16.3. The van der Waals surface area contributed by atoms with E-state index in [2.05, 4.69) is 4.90 Å². The van der Waals surface area contributed by atoms with E-state index in [4.69, 9.17) is 14.7 Å². The highest BCUT2D eigenvalue weighted by molar-refractivity contribution is 7.86. The van der Waals surface area contributed by atoms with Crippen molar-refractivity contribution in [2.75, 3.05) is 31.4 Å². The number of carbonyl (C=O) groups excluding carboxylic acids is 4. The van der Waals surface area contributed by atoms with E-state index in [-0.39, 0.29) is 37.1 Å². The Labute approximate surface area is 356 Å². The molecule has 1 fully saturated rings. The molecule has 0 radical (unpaired) electrons. The number of benzene rings is 1. The molecule has 0 unspecified atom stereocenters. The zero-order valence-corrected chi connectivity index (χ0v) is 36.6. The molecule has 1 saturated heterocycles. The van der Waals surface area contributed by atoms with Crippen LogP contribution in [0.5, 0.6) is 0 Å². The van der Waals surface area contributed by atoms with Crippen molar-refractivity contribution in [3.8, 4) is 0 Å². The van der Waals surface area contributed by atoms with Gasteiger partial charge in [-0.1, -0.05) is 50.6 Å². The van der Waals surface area contributed by atoms with Crippen molar-refractivity contribution < 1.29 is 59.4 Å². The molecule has 3 aliphatic heterocycles. The number of fused-ring (bicyclic) bond motifs is 2. The summed E-state index contributed by atoms with van der Waals surface area (Å²) in [6.45, 7) is 8.50. The van der Waals surface area contributed by atoms with Crippen molar-refractivity contribution >= 4 is 61.1 Å². The zero-order chi connectivity index (χ0) is 44.9. The van der Waals surface area contributed by atoms with E-state index in [0.717, 1.165) is 22.0 Å². The molecule has 0 aliphatic carbocycles. The van der Waals surface area contributed by atoms with Crippen molar-refractivity contribution in [3.63, 3.8) is 0 Å². The van der Waals surface area contributed by atoms with Crippen LogP contribution in [0.3, 0.4) is 0 Å². The molecular formula is C42H51N5O12S2. The highest BCUT2D eigenvalue weighted by Gasteiger charge is 2.43. The van der Waals surface area contributed by atoms with Crippen LogP contribution in [0.2, 0.25) is 0 Å². The van der Waals surface area contributed by atoms with Crippen LogP contribution < -0.4 is 9.47 Å². The van der Waals surface area contributed by atoms with Crippen molar-refractivity contribution in [1.82, 2.24) is 10.1 Å². The van der Waals surface area contributed by atoms with E-state index < -0.39 is 60.5 Å². The van der Waals surface area contributed by atoms with Gasteiger partial charge in [0.15, 0.2) is 5.71 Å². The molecule has 2 aromatic rings. The molecule has 3 aliphatic rings. The Balaban J connectivity index is 1.30.